The van der Waals surface area contributed by atoms with E-state index < -0.39 is 10.0 Å². The van der Waals surface area contributed by atoms with Crippen LogP contribution >= 0.6 is 31.9 Å². The van der Waals surface area contributed by atoms with Gasteiger partial charge in [-0.2, -0.15) is 0 Å². The van der Waals surface area contributed by atoms with E-state index in [1.807, 2.05) is 0 Å². The first-order chi connectivity index (χ1) is 8.88. The molecule has 0 spiro atoms. The van der Waals surface area contributed by atoms with Crippen LogP contribution < -0.4 is 4.72 Å². The van der Waals surface area contributed by atoms with E-state index in [0.29, 0.717) is 20.6 Å². The molecule has 1 aromatic heterocycles. The third-order valence-electron chi connectivity index (χ3n) is 2.27. The molecule has 0 aliphatic carbocycles. The standard InChI is InChI=1S/C11H10Br2N2O3S/c1-7-5-14-11(18-7)6-15-19(16,17)10-4-8(12)2-3-9(10)13/h2-5,15H,6H2,1H3. The molecule has 102 valence electrons. The summed E-state index contributed by atoms with van der Waals surface area (Å²) in [5, 5.41) is 0. The zero-order valence-electron chi connectivity index (χ0n) is 9.85. The summed E-state index contributed by atoms with van der Waals surface area (Å²) in [6.45, 7) is 1.75. The van der Waals surface area contributed by atoms with Crippen LogP contribution in [-0.2, 0) is 16.6 Å². The van der Waals surface area contributed by atoms with Crippen LogP contribution in [0, 0.1) is 6.92 Å². The van der Waals surface area contributed by atoms with Crippen molar-refractivity contribution in [1.29, 1.82) is 0 Å². The number of sulfonamides is 1. The summed E-state index contributed by atoms with van der Waals surface area (Å²) < 4.78 is 33.1. The molecular weight excluding hydrogens is 400 g/mol. The first-order valence-corrected chi connectivity index (χ1v) is 8.31. The number of rotatable bonds is 4. The van der Waals surface area contributed by atoms with Crippen molar-refractivity contribution in [1.82, 2.24) is 9.71 Å². The molecule has 8 heteroatoms. The molecule has 0 aliphatic heterocycles. The summed E-state index contributed by atoms with van der Waals surface area (Å²) in [5.74, 6) is 0.963. The van der Waals surface area contributed by atoms with E-state index in [-0.39, 0.29) is 11.4 Å². The lowest BCUT2D eigenvalue weighted by molar-refractivity contribution is 0.463. The fraction of sp³-hybridized carbons (Fsp3) is 0.182. The Labute approximate surface area is 127 Å². The molecule has 0 bridgehead atoms. The summed E-state index contributed by atoms with van der Waals surface area (Å²) in [5.41, 5.74) is 0. The fourth-order valence-corrected chi connectivity index (χ4v) is 3.88. The number of hydrogen-bond acceptors (Lipinski definition) is 4. The second kappa shape index (κ2) is 5.74. The SMILES string of the molecule is Cc1cnc(CNS(=O)(=O)c2cc(Br)ccc2Br)o1. The highest BCUT2D eigenvalue weighted by molar-refractivity contribution is 9.11. The Morgan fingerprint density at radius 2 is 2.11 bits per heavy atom. The average Bonchev–Trinajstić information content (AvgIpc) is 2.76. The van der Waals surface area contributed by atoms with Crippen molar-refractivity contribution in [3.8, 4) is 0 Å². The highest BCUT2D eigenvalue weighted by atomic mass is 79.9. The number of hydrogen-bond donors (Lipinski definition) is 1. The third-order valence-corrected chi connectivity index (χ3v) is 5.15. The molecular formula is C11H10Br2N2O3S. The minimum atomic E-state index is -3.63. The molecule has 0 amide bonds. The third kappa shape index (κ3) is 3.65. The van der Waals surface area contributed by atoms with Crippen LogP contribution in [0.2, 0.25) is 0 Å². The number of nitrogens with zero attached hydrogens (tertiary/aromatic N) is 1. The Morgan fingerprint density at radius 3 is 2.74 bits per heavy atom. The maximum atomic E-state index is 12.2. The lowest BCUT2D eigenvalue weighted by Gasteiger charge is -2.07. The molecule has 0 atom stereocenters. The van der Waals surface area contributed by atoms with Gasteiger partial charge in [-0.05, 0) is 41.1 Å². The zero-order chi connectivity index (χ0) is 14.0. The van der Waals surface area contributed by atoms with Crippen LogP contribution in [0.1, 0.15) is 11.7 Å². The van der Waals surface area contributed by atoms with Crippen molar-refractivity contribution < 1.29 is 12.8 Å². The largest absolute Gasteiger partial charge is 0.445 e. The van der Waals surface area contributed by atoms with Gasteiger partial charge in [0.15, 0.2) is 0 Å². The van der Waals surface area contributed by atoms with Crippen LogP contribution in [-0.4, -0.2) is 13.4 Å². The predicted molar refractivity (Wildman–Crippen MR) is 77.1 cm³/mol. The number of aryl methyl sites for hydroxylation is 1. The zero-order valence-corrected chi connectivity index (χ0v) is 13.8. The van der Waals surface area contributed by atoms with Gasteiger partial charge in [0.25, 0.3) is 0 Å². The molecule has 5 nitrogen and oxygen atoms in total. The Balaban J connectivity index is 2.20. The fourth-order valence-electron chi connectivity index (χ4n) is 1.40. The van der Waals surface area contributed by atoms with Gasteiger partial charge in [0, 0.05) is 8.95 Å². The van der Waals surface area contributed by atoms with Crippen molar-refractivity contribution in [3.63, 3.8) is 0 Å². The van der Waals surface area contributed by atoms with Gasteiger partial charge in [0.1, 0.15) is 5.76 Å². The Kier molecular flexibility index (Phi) is 4.44. The quantitative estimate of drug-likeness (QED) is 0.842. The van der Waals surface area contributed by atoms with Crippen molar-refractivity contribution in [2.75, 3.05) is 0 Å². The minimum Gasteiger partial charge on any atom is -0.445 e. The van der Waals surface area contributed by atoms with Gasteiger partial charge in [-0.3, -0.25) is 0 Å². The molecule has 0 radical (unpaired) electrons. The molecule has 0 saturated heterocycles. The second-order valence-corrected chi connectivity index (χ2v) is 7.27. The predicted octanol–water partition coefficient (Wildman–Crippen LogP) is 2.99. The lowest BCUT2D eigenvalue weighted by atomic mass is 10.4. The van der Waals surface area contributed by atoms with E-state index >= 15 is 0 Å². The first kappa shape index (κ1) is 14.7. The first-order valence-electron chi connectivity index (χ1n) is 5.24. The maximum Gasteiger partial charge on any atom is 0.242 e. The van der Waals surface area contributed by atoms with E-state index in [1.165, 1.54) is 6.07 Å². The van der Waals surface area contributed by atoms with E-state index in [0.717, 1.165) is 0 Å². The number of nitrogens with one attached hydrogen (secondary N) is 1. The topological polar surface area (TPSA) is 72.2 Å². The van der Waals surface area contributed by atoms with E-state index in [9.17, 15) is 8.42 Å². The number of oxazole rings is 1. The Morgan fingerprint density at radius 1 is 1.37 bits per heavy atom. The highest BCUT2D eigenvalue weighted by Gasteiger charge is 2.18. The second-order valence-electron chi connectivity index (χ2n) is 3.76. The van der Waals surface area contributed by atoms with E-state index in [4.69, 9.17) is 4.42 Å². The van der Waals surface area contributed by atoms with Gasteiger partial charge in [-0.1, -0.05) is 15.9 Å². The Bertz CT molecular complexity index is 698. The van der Waals surface area contributed by atoms with Crippen LogP contribution in [0.3, 0.4) is 0 Å². The summed E-state index contributed by atoms with van der Waals surface area (Å²) in [6.07, 6.45) is 1.54. The van der Waals surface area contributed by atoms with Gasteiger partial charge in [0.05, 0.1) is 17.6 Å². The van der Waals surface area contributed by atoms with E-state index in [1.54, 1.807) is 25.3 Å². The summed E-state index contributed by atoms with van der Waals surface area (Å²) >= 11 is 6.46. The monoisotopic (exact) mass is 408 g/mol. The van der Waals surface area contributed by atoms with Gasteiger partial charge in [-0.15, -0.1) is 0 Å². The average molecular weight is 410 g/mol. The molecule has 0 saturated carbocycles. The van der Waals surface area contributed by atoms with Crippen LogP contribution in [0.4, 0.5) is 0 Å². The van der Waals surface area contributed by atoms with Gasteiger partial charge < -0.3 is 4.42 Å². The molecule has 0 unspecified atom stereocenters. The smallest absolute Gasteiger partial charge is 0.242 e. The maximum absolute atomic E-state index is 12.2. The van der Waals surface area contributed by atoms with Crippen LogP contribution in [0.5, 0.6) is 0 Å². The molecule has 1 aromatic carbocycles. The van der Waals surface area contributed by atoms with Crippen LogP contribution in [0.25, 0.3) is 0 Å². The molecule has 2 rings (SSSR count). The lowest BCUT2D eigenvalue weighted by Crippen LogP contribution is -2.23. The van der Waals surface area contributed by atoms with Gasteiger partial charge >= 0.3 is 0 Å². The van der Waals surface area contributed by atoms with Crippen molar-refractivity contribution in [2.24, 2.45) is 0 Å². The van der Waals surface area contributed by atoms with Crippen molar-refractivity contribution in [3.05, 3.63) is 45.0 Å². The normalized spacial score (nSPS) is 11.7. The number of aromatic nitrogens is 1. The summed E-state index contributed by atoms with van der Waals surface area (Å²) in [6, 6.07) is 4.93. The van der Waals surface area contributed by atoms with Crippen molar-refractivity contribution in [2.45, 2.75) is 18.4 Å². The number of halogens is 2. The Hall–Kier alpha value is -0.700. The molecule has 2 aromatic rings. The minimum absolute atomic E-state index is 0.00905. The van der Waals surface area contributed by atoms with Crippen LogP contribution in [0.15, 0.2) is 42.7 Å². The molecule has 19 heavy (non-hydrogen) atoms. The number of benzene rings is 1. The van der Waals surface area contributed by atoms with E-state index in [2.05, 4.69) is 41.6 Å². The molecule has 1 heterocycles. The van der Waals surface area contributed by atoms with Crippen molar-refractivity contribution >= 4 is 41.9 Å². The molecule has 1 N–H and O–H groups in total. The highest BCUT2D eigenvalue weighted by Crippen LogP contribution is 2.25. The molecule has 0 fully saturated rings. The summed E-state index contributed by atoms with van der Waals surface area (Å²) in [4.78, 5) is 4.10. The summed E-state index contributed by atoms with van der Waals surface area (Å²) in [7, 11) is -3.63. The molecule has 0 aliphatic rings. The van der Waals surface area contributed by atoms with Gasteiger partial charge in [-0.25, -0.2) is 18.1 Å². The van der Waals surface area contributed by atoms with Gasteiger partial charge in [0.2, 0.25) is 15.9 Å².